The zero-order valence-corrected chi connectivity index (χ0v) is 16.1. The van der Waals surface area contributed by atoms with Gasteiger partial charge in [-0.2, -0.15) is 0 Å². The van der Waals surface area contributed by atoms with E-state index in [0.717, 1.165) is 29.9 Å². The van der Waals surface area contributed by atoms with Crippen molar-refractivity contribution >= 4 is 11.7 Å². The van der Waals surface area contributed by atoms with Gasteiger partial charge in [0.2, 0.25) is 5.91 Å². The number of amidine groups is 1. The Morgan fingerprint density at radius 1 is 1.15 bits per heavy atom. The van der Waals surface area contributed by atoms with Gasteiger partial charge < -0.3 is 4.90 Å². The van der Waals surface area contributed by atoms with Crippen LogP contribution in [0.25, 0.3) is 0 Å². The number of carbonyl (C=O) groups excluding carboxylic acids is 1. The normalized spacial score (nSPS) is 21.8. The lowest BCUT2D eigenvalue weighted by Gasteiger charge is -2.31. The third kappa shape index (κ3) is 3.47. The van der Waals surface area contributed by atoms with Crippen molar-refractivity contribution in [2.75, 3.05) is 13.6 Å². The Hall–Kier alpha value is -2.66. The van der Waals surface area contributed by atoms with E-state index < -0.39 is 5.72 Å². The molecule has 5 nitrogen and oxygen atoms in total. The summed E-state index contributed by atoms with van der Waals surface area (Å²) in [5, 5.41) is 1.68. The Morgan fingerprint density at radius 2 is 1.85 bits per heavy atom. The van der Waals surface area contributed by atoms with Gasteiger partial charge in [-0.25, -0.2) is 14.9 Å². The lowest BCUT2D eigenvalue weighted by molar-refractivity contribution is -0.170. The van der Waals surface area contributed by atoms with Crippen LogP contribution in [-0.4, -0.2) is 41.0 Å². The minimum atomic E-state index is -0.875. The standard InChI is InChI=1S/C22H25N3O2/c1-16-8-4-7-11-19(16)21-23-22(2,27-24(21)3)14-20(26)25-13-12-17-9-5-6-10-18(17)15-25/h4-11H,12-15H2,1-3H3. The van der Waals surface area contributed by atoms with Crippen molar-refractivity contribution in [2.24, 2.45) is 4.99 Å². The van der Waals surface area contributed by atoms with Gasteiger partial charge in [-0.1, -0.05) is 48.5 Å². The molecule has 2 aliphatic rings. The van der Waals surface area contributed by atoms with Crippen LogP contribution in [-0.2, 0) is 22.6 Å². The van der Waals surface area contributed by atoms with Crippen LogP contribution in [0, 0.1) is 6.92 Å². The van der Waals surface area contributed by atoms with Crippen molar-refractivity contribution in [3.63, 3.8) is 0 Å². The van der Waals surface area contributed by atoms with Gasteiger partial charge in [-0.3, -0.25) is 4.79 Å². The molecule has 0 saturated carbocycles. The summed E-state index contributed by atoms with van der Waals surface area (Å²) in [7, 11) is 1.85. The number of hydroxylamine groups is 2. The molecule has 2 aromatic carbocycles. The van der Waals surface area contributed by atoms with Gasteiger partial charge in [0.15, 0.2) is 11.6 Å². The van der Waals surface area contributed by atoms with Gasteiger partial charge in [0, 0.05) is 25.7 Å². The second-order valence-electron chi connectivity index (χ2n) is 7.52. The van der Waals surface area contributed by atoms with Gasteiger partial charge in [0.05, 0.1) is 6.42 Å². The van der Waals surface area contributed by atoms with Crippen LogP contribution < -0.4 is 0 Å². The van der Waals surface area contributed by atoms with E-state index in [0.29, 0.717) is 6.54 Å². The fourth-order valence-corrected chi connectivity index (χ4v) is 3.88. The van der Waals surface area contributed by atoms with Crippen molar-refractivity contribution in [2.45, 2.75) is 39.0 Å². The number of aliphatic imine (C=N–C) groups is 1. The molecule has 4 rings (SSSR count). The largest absolute Gasteiger partial charge is 0.338 e. The maximum Gasteiger partial charge on any atom is 0.227 e. The molecule has 0 N–H and O–H groups in total. The number of nitrogens with zero attached hydrogens (tertiary/aromatic N) is 3. The summed E-state index contributed by atoms with van der Waals surface area (Å²) < 4.78 is 0. The van der Waals surface area contributed by atoms with E-state index in [1.54, 1.807) is 5.06 Å². The molecule has 1 atom stereocenters. The van der Waals surface area contributed by atoms with Crippen molar-refractivity contribution < 1.29 is 9.63 Å². The summed E-state index contributed by atoms with van der Waals surface area (Å²) in [6.45, 7) is 5.34. The van der Waals surface area contributed by atoms with Gasteiger partial charge in [-0.05, 0) is 37.0 Å². The van der Waals surface area contributed by atoms with E-state index >= 15 is 0 Å². The first-order chi connectivity index (χ1) is 13.0. The highest BCUT2D eigenvalue weighted by Gasteiger charge is 2.39. The average Bonchev–Trinajstić information content (AvgIpc) is 2.95. The van der Waals surface area contributed by atoms with Gasteiger partial charge in [0.1, 0.15) is 0 Å². The molecular formula is C22H25N3O2. The first-order valence-corrected chi connectivity index (χ1v) is 9.38. The molecule has 0 saturated heterocycles. The highest BCUT2D eigenvalue weighted by molar-refractivity contribution is 6.00. The highest BCUT2D eigenvalue weighted by atomic mass is 16.7. The molecule has 1 unspecified atom stereocenters. The summed E-state index contributed by atoms with van der Waals surface area (Å²) in [4.78, 5) is 25.6. The smallest absolute Gasteiger partial charge is 0.227 e. The van der Waals surface area contributed by atoms with Gasteiger partial charge in [-0.15, -0.1) is 0 Å². The molecule has 2 aromatic rings. The fourth-order valence-electron chi connectivity index (χ4n) is 3.88. The van der Waals surface area contributed by atoms with Crippen molar-refractivity contribution in [3.05, 3.63) is 70.8 Å². The van der Waals surface area contributed by atoms with Crippen molar-refractivity contribution in [1.82, 2.24) is 9.96 Å². The third-order valence-corrected chi connectivity index (χ3v) is 5.32. The minimum absolute atomic E-state index is 0.0789. The molecule has 0 bridgehead atoms. The molecule has 2 heterocycles. The monoisotopic (exact) mass is 363 g/mol. The van der Waals surface area contributed by atoms with Crippen LogP contribution in [0.15, 0.2) is 53.5 Å². The Morgan fingerprint density at radius 3 is 2.63 bits per heavy atom. The summed E-state index contributed by atoms with van der Waals surface area (Å²) >= 11 is 0. The van der Waals surface area contributed by atoms with Crippen LogP contribution in [0.2, 0.25) is 0 Å². The number of hydrogen-bond donors (Lipinski definition) is 0. The van der Waals surface area contributed by atoms with Crippen LogP contribution in [0.1, 0.15) is 35.6 Å². The number of fused-ring (bicyclic) bond motifs is 1. The average molecular weight is 363 g/mol. The first-order valence-electron chi connectivity index (χ1n) is 9.38. The van der Waals surface area contributed by atoms with Crippen molar-refractivity contribution in [1.29, 1.82) is 0 Å². The fraction of sp³-hybridized carbons (Fsp3) is 0.364. The molecule has 27 heavy (non-hydrogen) atoms. The van der Waals surface area contributed by atoms with E-state index in [-0.39, 0.29) is 12.3 Å². The molecule has 140 valence electrons. The van der Waals surface area contributed by atoms with E-state index in [4.69, 9.17) is 9.83 Å². The SMILES string of the molecule is Cc1ccccc1C1=NC(C)(CC(=O)N2CCc3ccccc3C2)ON1C. The van der Waals surface area contributed by atoms with E-state index in [1.807, 2.05) is 43.1 Å². The number of amides is 1. The second kappa shape index (κ2) is 6.82. The Labute approximate surface area is 160 Å². The Balaban J connectivity index is 1.51. The number of rotatable bonds is 3. The lowest BCUT2D eigenvalue weighted by atomic mass is 9.99. The number of hydrogen-bond acceptors (Lipinski definition) is 4. The zero-order valence-electron chi connectivity index (χ0n) is 16.1. The van der Waals surface area contributed by atoms with E-state index in [1.165, 1.54) is 11.1 Å². The number of benzene rings is 2. The number of aryl methyl sites for hydroxylation is 1. The maximum absolute atomic E-state index is 12.9. The summed E-state index contributed by atoms with van der Waals surface area (Å²) in [5.41, 5.74) is 3.86. The molecule has 5 heteroatoms. The van der Waals surface area contributed by atoms with E-state index in [9.17, 15) is 4.79 Å². The Kier molecular flexibility index (Phi) is 4.48. The molecule has 0 radical (unpaired) electrons. The maximum atomic E-state index is 12.9. The summed E-state index contributed by atoms with van der Waals surface area (Å²) in [5.74, 6) is 0.850. The van der Waals surface area contributed by atoms with Crippen molar-refractivity contribution in [3.8, 4) is 0 Å². The predicted molar refractivity (Wildman–Crippen MR) is 105 cm³/mol. The molecule has 0 spiro atoms. The molecule has 0 aliphatic carbocycles. The van der Waals surface area contributed by atoms with Crippen LogP contribution in [0.3, 0.4) is 0 Å². The lowest BCUT2D eigenvalue weighted by Crippen LogP contribution is -2.40. The second-order valence-corrected chi connectivity index (χ2v) is 7.52. The molecule has 1 amide bonds. The Bertz CT molecular complexity index is 908. The first kappa shape index (κ1) is 17.7. The molecule has 0 fully saturated rings. The quantitative estimate of drug-likeness (QED) is 0.840. The van der Waals surface area contributed by atoms with E-state index in [2.05, 4.69) is 31.2 Å². The molecule has 0 aromatic heterocycles. The molecular weight excluding hydrogens is 338 g/mol. The van der Waals surface area contributed by atoms with Crippen LogP contribution in [0.4, 0.5) is 0 Å². The zero-order chi connectivity index (χ0) is 19.0. The molecule has 2 aliphatic heterocycles. The van der Waals surface area contributed by atoms with Crippen LogP contribution >= 0.6 is 0 Å². The summed E-state index contributed by atoms with van der Waals surface area (Å²) in [6, 6.07) is 16.4. The number of carbonyl (C=O) groups is 1. The third-order valence-electron chi connectivity index (χ3n) is 5.32. The highest BCUT2D eigenvalue weighted by Crippen LogP contribution is 2.30. The topological polar surface area (TPSA) is 45.1 Å². The minimum Gasteiger partial charge on any atom is -0.338 e. The van der Waals surface area contributed by atoms with Gasteiger partial charge >= 0.3 is 0 Å². The van der Waals surface area contributed by atoms with Gasteiger partial charge in [0.25, 0.3) is 0 Å². The summed E-state index contributed by atoms with van der Waals surface area (Å²) in [6.07, 6.45) is 1.13. The predicted octanol–water partition coefficient (Wildman–Crippen LogP) is 3.31. The van der Waals surface area contributed by atoms with Crippen LogP contribution in [0.5, 0.6) is 0 Å².